The fraction of sp³-hybridized carbons (Fsp3) is 0. The molecule has 2 heteroatoms. The lowest BCUT2D eigenvalue weighted by Gasteiger charge is -2.16. The van der Waals surface area contributed by atoms with Crippen molar-refractivity contribution in [1.82, 2.24) is 9.97 Å². The van der Waals surface area contributed by atoms with Crippen LogP contribution in [0.1, 0.15) is 0 Å². The first kappa shape index (κ1) is 32.7. The lowest BCUT2D eigenvalue weighted by atomic mass is 9.87. The second-order valence-electron chi connectivity index (χ2n) is 13.4. The second kappa shape index (κ2) is 14.8. The Balaban J connectivity index is 1.12. The van der Waals surface area contributed by atoms with E-state index in [4.69, 9.17) is 9.97 Å². The number of aromatic nitrogens is 2. The summed E-state index contributed by atoms with van der Waals surface area (Å²) in [6.45, 7) is 0. The van der Waals surface area contributed by atoms with Crippen LogP contribution < -0.4 is 0 Å². The van der Waals surface area contributed by atoms with Crippen molar-refractivity contribution < 1.29 is 0 Å². The van der Waals surface area contributed by atoms with Crippen LogP contribution in [0, 0.1) is 0 Å². The van der Waals surface area contributed by atoms with Gasteiger partial charge in [-0.1, -0.05) is 212 Å². The van der Waals surface area contributed by atoms with Crippen molar-refractivity contribution in [1.29, 1.82) is 0 Å². The van der Waals surface area contributed by atoms with Crippen LogP contribution in [-0.2, 0) is 0 Å². The Hall–Kier alpha value is -7.16. The van der Waals surface area contributed by atoms with Gasteiger partial charge in [-0.25, -0.2) is 9.97 Å². The highest BCUT2D eigenvalue weighted by atomic mass is 14.9. The topological polar surface area (TPSA) is 25.8 Å². The van der Waals surface area contributed by atoms with Crippen molar-refractivity contribution in [2.45, 2.75) is 0 Å². The van der Waals surface area contributed by atoms with Crippen LogP contribution in [0.5, 0.6) is 0 Å². The maximum Gasteiger partial charge on any atom is 0.160 e. The molecule has 0 aliphatic carbocycles. The van der Waals surface area contributed by atoms with Crippen molar-refractivity contribution >= 4 is 0 Å². The first-order chi connectivity index (χ1) is 26.8. The van der Waals surface area contributed by atoms with Gasteiger partial charge in [-0.2, -0.15) is 0 Å². The molecule has 0 fully saturated rings. The molecule has 1 heterocycles. The van der Waals surface area contributed by atoms with Crippen LogP contribution >= 0.6 is 0 Å². The predicted octanol–water partition coefficient (Wildman–Crippen LogP) is 13.8. The molecular weight excluding hydrogens is 653 g/mol. The lowest BCUT2D eigenvalue weighted by molar-refractivity contribution is 1.18. The Bertz CT molecular complexity index is 2530. The first-order valence-electron chi connectivity index (χ1n) is 18.3. The first-order valence-corrected chi connectivity index (χ1v) is 18.3. The van der Waals surface area contributed by atoms with Crippen molar-refractivity contribution in [3.8, 4) is 89.5 Å². The predicted molar refractivity (Wildman–Crippen MR) is 226 cm³/mol. The quantitative estimate of drug-likeness (QED) is 0.159. The number of benzene rings is 8. The Kier molecular flexibility index (Phi) is 8.99. The molecular formula is C52H36N2. The normalized spacial score (nSPS) is 11.0. The molecule has 9 aromatic rings. The van der Waals surface area contributed by atoms with Crippen molar-refractivity contribution in [3.63, 3.8) is 0 Å². The maximum absolute atomic E-state index is 5.18. The molecule has 1 aromatic heterocycles. The van der Waals surface area contributed by atoms with E-state index in [1.807, 2.05) is 12.1 Å². The molecule has 0 saturated heterocycles. The highest BCUT2D eigenvalue weighted by Gasteiger charge is 2.16. The van der Waals surface area contributed by atoms with E-state index in [-0.39, 0.29) is 0 Å². The minimum atomic E-state index is 0.689. The molecule has 0 unspecified atom stereocenters. The largest absolute Gasteiger partial charge is 0.228 e. The standard InChI is InChI=1S/C52H36N2/c1-5-14-37(15-6-1)39-24-30-43(31-25-39)49-36-50(44-32-26-40(27-33-44)38-16-7-2-8-17-38)54-52(53-49)46-34-28-42(29-35-46)48-23-13-22-47(41-18-9-3-10-19-41)51(48)45-20-11-4-12-21-45/h1-36H. The molecule has 0 bridgehead atoms. The summed E-state index contributed by atoms with van der Waals surface area (Å²) < 4.78 is 0. The van der Waals surface area contributed by atoms with Gasteiger partial charge in [0, 0.05) is 16.7 Å². The van der Waals surface area contributed by atoms with Crippen LogP contribution in [-0.4, -0.2) is 9.97 Å². The molecule has 0 aliphatic heterocycles. The van der Waals surface area contributed by atoms with Crippen LogP contribution in [0.15, 0.2) is 218 Å². The zero-order chi connectivity index (χ0) is 36.1. The van der Waals surface area contributed by atoms with Gasteiger partial charge in [-0.15, -0.1) is 0 Å². The summed E-state index contributed by atoms with van der Waals surface area (Å²) in [5.41, 5.74) is 16.7. The van der Waals surface area contributed by atoms with Crippen molar-refractivity contribution in [2.75, 3.05) is 0 Å². The van der Waals surface area contributed by atoms with Crippen LogP contribution in [0.3, 0.4) is 0 Å². The third kappa shape index (κ3) is 6.77. The highest BCUT2D eigenvalue weighted by Crippen LogP contribution is 2.40. The summed E-state index contributed by atoms with van der Waals surface area (Å²) in [6, 6.07) is 76.9. The number of hydrogen-bond donors (Lipinski definition) is 0. The smallest absolute Gasteiger partial charge is 0.160 e. The van der Waals surface area contributed by atoms with E-state index in [1.165, 1.54) is 50.1 Å². The number of rotatable bonds is 8. The number of nitrogens with zero attached hydrogens (tertiary/aromatic N) is 2. The molecule has 8 aromatic carbocycles. The minimum absolute atomic E-state index is 0.689. The molecule has 0 atom stereocenters. The van der Waals surface area contributed by atoms with Crippen molar-refractivity contribution in [3.05, 3.63) is 218 Å². The molecule has 0 saturated carbocycles. The van der Waals surface area contributed by atoms with Gasteiger partial charge in [0.05, 0.1) is 11.4 Å². The summed E-state index contributed by atoms with van der Waals surface area (Å²) in [5, 5.41) is 0. The van der Waals surface area contributed by atoms with Gasteiger partial charge < -0.3 is 0 Å². The van der Waals surface area contributed by atoms with Gasteiger partial charge in [0.2, 0.25) is 0 Å². The Labute approximate surface area is 316 Å². The van der Waals surface area contributed by atoms with Crippen LogP contribution in [0.4, 0.5) is 0 Å². The zero-order valence-electron chi connectivity index (χ0n) is 29.7. The van der Waals surface area contributed by atoms with Gasteiger partial charge >= 0.3 is 0 Å². The summed E-state index contributed by atoms with van der Waals surface area (Å²) in [5.74, 6) is 0.689. The maximum atomic E-state index is 5.18. The highest BCUT2D eigenvalue weighted by molar-refractivity contribution is 5.94. The van der Waals surface area contributed by atoms with E-state index < -0.39 is 0 Å². The number of hydrogen-bond acceptors (Lipinski definition) is 2. The van der Waals surface area contributed by atoms with E-state index in [9.17, 15) is 0 Å². The van der Waals surface area contributed by atoms with E-state index in [0.717, 1.165) is 33.6 Å². The van der Waals surface area contributed by atoms with E-state index in [1.54, 1.807) is 0 Å². The lowest BCUT2D eigenvalue weighted by Crippen LogP contribution is -1.96. The molecule has 0 amide bonds. The SMILES string of the molecule is c1ccc(-c2ccc(-c3cc(-c4ccc(-c5ccccc5)cc4)nc(-c4ccc(-c5cccc(-c6ccccc6)c5-c5ccccc5)cc4)n3)cc2)cc1. The van der Waals surface area contributed by atoms with Crippen LogP contribution in [0.25, 0.3) is 89.5 Å². The van der Waals surface area contributed by atoms with E-state index in [2.05, 4.69) is 206 Å². The molecule has 9 rings (SSSR count). The van der Waals surface area contributed by atoms with Gasteiger partial charge in [0.25, 0.3) is 0 Å². The fourth-order valence-corrected chi connectivity index (χ4v) is 7.17. The third-order valence-corrected chi connectivity index (χ3v) is 9.97. The van der Waals surface area contributed by atoms with Gasteiger partial charge in [0.1, 0.15) is 0 Å². The van der Waals surface area contributed by atoms with Crippen molar-refractivity contribution in [2.24, 2.45) is 0 Å². The molecule has 0 spiro atoms. The minimum Gasteiger partial charge on any atom is -0.228 e. The Morgan fingerprint density at radius 1 is 0.222 bits per heavy atom. The van der Waals surface area contributed by atoms with Gasteiger partial charge in [0.15, 0.2) is 5.82 Å². The molecule has 2 nitrogen and oxygen atoms in total. The average molecular weight is 689 g/mol. The monoisotopic (exact) mass is 688 g/mol. The van der Waals surface area contributed by atoms with E-state index >= 15 is 0 Å². The third-order valence-electron chi connectivity index (χ3n) is 9.97. The molecule has 254 valence electrons. The molecule has 0 aliphatic rings. The van der Waals surface area contributed by atoms with Crippen LogP contribution in [0.2, 0.25) is 0 Å². The Morgan fingerprint density at radius 3 is 0.981 bits per heavy atom. The van der Waals surface area contributed by atoms with E-state index in [0.29, 0.717) is 5.82 Å². The summed E-state index contributed by atoms with van der Waals surface area (Å²) in [4.78, 5) is 10.4. The summed E-state index contributed by atoms with van der Waals surface area (Å²) in [6.07, 6.45) is 0. The second-order valence-corrected chi connectivity index (χ2v) is 13.4. The van der Waals surface area contributed by atoms with Gasteiger partial charge in [-0.05, 0) is 61.7 Å². The Morgan fingerprint density at radius 2 is 0.537 bits per heavy atom. The zero-order valence-corrected chi connectivity index (χ0v) is 29.7. The fourth-order valence-electron chi connectivity index (χ4n) is 7.17. The summed E-state index contributed by atoms with van der Waals surface area (Å²) >= 11 is 0. The molecule has 0 radical (unpaired) electrons. The summed E-state index contributed by atoms with van der Waals surface area (Å²) in [7, 11) is 0. The average Bonchev–Trinajstić information content (AvgIpc) is 3.27. The molecule has 54 heavy (non-hydrogen) atoms. The molecule has 0 N–H and O–H groups in total. The van der Waals surface area contributed by atoms with Gasteiger partial charge in [-0.3, -0.25) is 0 Å².